The molecule has 0 bridgehead atoms. The number of carbonyl (C=O) groups excluding carboxylic acids is 2. The third-order valence-corrected chi connectivity index (χ3v) is 5.59. The van der Waals surface area contributed by atoms with Gasteiger partial charge in [-0.2, -0.15) is 0 Å². The molecule has 0 aliphatic carbocycles. The number of aromatic nitrogens is 2. The van der Waals surface area contributed by atoms with Gasteiger partial charge in [-0.15, -0.1) is 0 Å². The van der Waals surface area contributed by atoms with Crippen molar-refractivity contribution in [1.82, 2.24) is 9.97 Å². The Hall–Kier alpha value is -4.99. The van der Waals surface area contributed by atoms with E-state index >= 15 is 0 Å². The Morgan fingerprint density at radius 2 is 1.76 bits per heavy atom. The SMILES string of the molecule is O=C1C(=O)N(c2nc3ccccc3[nH]2)C(c2cccc(O)c2)/C1=C(\O)c1ccc([N+](=O)[O-])cc1. The molecular weight excluding hydrogens is 440 g/mol. The van der Waals surface area contributed by atoms with Gasteiger partial charge in [0.05, 0.1) is 27.6 Å². The van der Waals surface area contributed by atoms with Crippen molar-refractivity contribution in [2.45, 2.75) is 6.04 Å². The standard InChI is InChI=1S/C24H16N4O6/c29-16-5-3-4-14(12-16)20-19(21(30)13-8-10-15(11-9-13)28(33)34)22(31)23(32)27(20)24-25-17-6-1-2-7-18(17)26-24/h1-12,20,29-30H,(H,25,26)/b21-19+. The van der Waals surface area contributed by atoms with Crippen LogP contribution in [0.4, 0.5) is 11.6 Å². The van der Waals surface area contributed by atoms with Crippen molar-refractivity contribution in [1.29, 1.82) is 0 Å². The Morgan fingerprint density at radius 1 is 1.03 bits per heavy atom. The minimum atomic E-state index is -1.11. The molecule has 1 atom stereocenters. The van der Waals surface area contributed by atoms with Crippen molar-refractivity contribution in [2.75, 3.05) is 4.90 Å². The summed E-state index contributed by atoms with van der Waals surface area (Å²) in [5, 5.41) is 32.1. The molecule has 1 amide bonds. The highest BCUT2D eigenvalue weighted by molar-refractivity contribution is 6.51. The second kappa shape index (κ2) is 7.85. The molecule has 1 aromatic heterocycles. The molecule has 0 spiro atoms. The van der Waals surface area contributed by atoms with Crippen LogP contribution in [0.5, 0.6) is 5.75 Å². The number of Topliss-reactive ketones (excluding diaryl/α,β-unsaturated/α-hetero) is 1. The number of benzene rings is 3. The summed E-state index contributed by atoms with van der Waals surface area (Å²) in [5.74, 6) is -2.37. The lowest BCUT2D eigenvalue weighted by molar-refractivity contribution is -0.384. The first-order valence-electron chi connectivity index (χ1n) is 10.1. The monoisotopic (exact) mass is 456 g/mol. The van der Waals surface area contributed by atoms with Crippen LogP contribution in [0.15, 0.2) is 78.4 Å². The van der Waals surface area contributed by atoms with Gasteiger partial charge in [-0.3, -0.25) is 24.6 Å². The molecule has 2 heterocycles. The number of imidazole rings is 1. The highest BCUT2D eigenvalue weighted by atomic mass is 16.6. The number of non-ortho nitro benzene ring substituents is 1. The van der Waals surface area contributed by atoms with Crippen LogP contribution in [-0.2, 0) is 9.59 Å². The fourth-order valence-corrected chi connectivity index (χ4v) is 4.01. The number of hydrogen-bond donors (Lipinski definition) is 3. The fourth-order valence-electron chi connectivity index (χ4n) is 4.01. The first kappa shape index (κ1) is 20.9. The molecule has 1 aliphatic heterocycles. The molecule has 1 aliphatic rings. The molecule has 10 nitrogen and oxygen atoms in total. The van der Waals surface area contributed by atoms with Gasteiger partial charge in [-0.1, -0.05) is 24.3 Å². The molecule has 1 saturated heterocycles. The minimum Gasteiger partial charge on any atom is -0.508 e. The van der Waals surface area contributed by atoms with Crippen LogP contribution in [0.25, 0.3) is 16.8 Å². The molecule has 0 saturated carbocycles. The van der Waals surface area contributed by atoms with Crippen LogP contribution in [0.1, 0.15) is 17.2 Å². The molecule has 0 radical (unpaired) electrons. The second-order valence-corrected chi connectivity index (χ2v) is 7.65. The van der Waals surface area contributed by atoms with Crippen LogP contribution in [-0.4, -0.2) is 36.8 Å². The first-order chi connectivity index (χ1) is 16.3. The van der Waals surface area contributed by atoms with Gasteiger partial charge in [0.25, 0.3) is 11.5 Å². The number of fused-ring (bicyclic) bond motifs is 1. The number of aliphatic hydroxyl groups excluding tert-OH is 1. The number of anilines is 1. The lowest BCUT2D eigenvalue weighted by atomic mass is 9.95. The Morgan fingerprint density at radius 3 is 2.44 bits per heavy atom. The predicted molar refractivity (Wildman–Crippen MR) is 122 cm³/mol. The zero-order valence-electron chi connectivity index (χ0n) is 17.4. The second-order valence-electron chi connectivity index (χ2n) is 7.65. The summed E-state index contributed by atoms with van der Waals surface area (Å²) in [6.07, 6.45) is 0. The van der Waals surface area contributed by atoms with Gasteiger partial charge in [-0.25, -0.2) is 4.98 Å². The number of para-hydroxylation sites is 2. The summed E-state index contributed by atoms with van der Waals surface area (Å²) in [7, 11) is 0. The molecular formula is C24H16N4O6. The van der Waals surface area contributed by atoms with E-state index in [0.717, 1.165) is 4.90 Å². The van der Waals surface area contributed by atoms with Crippen LogP contribution in [0, 0.1) is 10.1 Å². The number of H-pyrrole nitrogens is 1. The predicted octanol–water partition coefficient (Wildman–Crippen LogP) is 3.80. The number of nitro benzene ring substituents is 1. The minimum absolute atomic E-state index is 0.0944. The number of ketones is 1. The quantitative estimate of drug-likeness (QED) is 0.139. The van der Waals surface area contributed by atoms with Crippen molar-refractivity contribution in [3.05, 3.63) is 99.6 Å². The Labute approximate surface area is 191 Å². The van der Waals surface area contributed by atoms with Crippen molar-refractivity contribution in [3.8, 4) is 5.75 Å². The molecule has 3 aromatic carbocycles. The van der Waals surface area contributed by atoms with Gasteiger partial charge < -0.3 is 15.2 Å². The Bertz CT molecular complexity index is 1470. The number of carbonyl (C=O) groups is 2. The lowest BCUT2D eigenvalue weighted by Crippen LogP contribution is -2.30. The number of nitrogens with one attached hydrogen (secondary N) is 1. The number of aromatic amines is 1. The van der Waals surface area contributed by atoms with Crippen LogP contribution in [0.3, 0.4) is 0 Å². The van der Waals surface area contributed by atoms with Crippen molar-refractivity contribution >= 4 is 40.1 Å². The third kappa shape index (κ3) is 3.34. The third-order valence-electron chi connectivity index (χ3n) is 5.59. The summed E-state index contributed by atoms with van der Waals surface area (Å²) in [6, 6.07) is 16.9. The van der Waals surface area contributed by atoms with E-state index < -0.39 is 28.4 Å². The summed E-state index contributed by atoms with van der Waals surface area (Å²) in [6.45, 7) is 0. The highest BCUT2D eigenvalue weighted by Crippen LogP contribution is 2.42. The highest BCUT2D eigenvalue weighted by Gasteiger charge is 2.48. The topological polar surface area (TPSA) is 150 Å². The molecule has 1 fully saturated rings. The number of phenols is 1. The molecule has 10 heteroatoms. The van der Waals surface area contributed by atoms with E-state index in [2.05, 4.69) is 9.97 Å². The lowest BCUT2D eigenvalue weighted by Gasteiger charge is -2.23. The van der Waals surface area contributed by atoms with Gasteiger partial charge in [0.2, 0.25) is 5.95 Å². The van der Waals surface area contributed by atoms with Crippen molar-refractivity contribution < 1.29 is 24.7 Å². The number of phenolic OH excluding ortho intramolecular Hbond substituents is 1. The van der Waals surface area contributed by atoms with Gasteiger partial charge in [0, 0.05) is 17.7 Å². The first-order valence-corrected chi connectivity index (χ1v) is 10.1. The largest absolute Gasteiger partial charge is 0.508 e. The molecule has 1 unspecified atom stereocenters. The van der Waals surface area contributed by atoms with E-state index in [1.54, 1.807) is 36.4 Å². The Kier molecular flexibility index (Phi) is 4.82. The van der Waals surface area contributed by atoms with Gasteiger partial charge in [0.1, 0.15) is 11.5 Å². The summed E-state index contributed by atoms with van der Waals surface area (Å²) < 4.78 is 0. The smallest absolute Gasteiger partial charge is 0.302 e. The van der Waals surface area contributed by atoms with E-state index in [0.29, 0.717) is 16.6 Å². The summed E-state index contributed by atoms with van der Waals surface area (Å²) in [4.78, 5) is 45.3. The molecule has 3 N–H and O–H groups in total. The number of amides is 1. The van der Waals surface area contributed by atoms with Crippen LogP contribution < -0.4 is 4.90 Å². The molecule has 168 valence electrons. The number of nitrogens with zero attached hydrogens (tertiary/aromatic N) is 3. The zero-order valence-corrected chi connectivity index (χ0v) is 17.4. The maximum Gasteiger partial charge on any atom is 0.302 e. The maximum atomic E-state index is 13.2. The average Bonchev–Trinajstić information content (AvgIpc) is 3.37. The van der Waals surface area contributed by atoms with E-state index in [9.17, 15) is 29.9 Å². The summed E-state index contributed by atoms with van der Waals surface area (Å²) in [5.41, 5.74) is 1.28. The molecule has 5 rings (SSSR count). The Balaban J connectivity index is 1.71. The van der Waals surface area contributed by atoms with E-state index in [1.165, 1.54) is 36.4 Å². The molecule has 4 aromatic rings. The van der Waals surface area contributed by atoms with E-state index in [4.69, 9.17) is 0 Å². The van der Waals surface area contributed by atoms with Gasteiger partial charge >= 0.3 is 5.91 Å². The maximum absolute atomic E-state index is 13.2. The number of rotatable bonds is 4. The zero-order chi connectivity index (χ0) is 24.0. The van der Waals surface area contributed by atoms with Crippen LogP contribution in [0.2, 0.25) is 0 Å². The fraction of sp³-hybridized carbons (Fsp3) is 0.0417. The van der Waals surface area contributed by atoms with Crippen molar-refractivity contribution in [3.63, 3.8) is 0 Å². The average molecular weight is 456 g/mol. The number of aromatic hydroxyl groups is 1. The van der Waals surface area contributed by atoms with E-state index in [-0.39, 0.29) is 28.5 Å². The summed E-state index contributed by atoms with van der Waals surface area (Å²) >= 11 is 0. The number of aliphatic hydroxyl groups is 1. The van der Waals surface area contributed by atoms with Crippen molar-refractivity contribution in [2.24, 2.45) is 0 Å². The van der Waals surface area contributed by atoms with E-state index in [1.807, 2.05) is 0 Å². The van der Waals surface area contributed by atoms with Gasteiger partial charge in [-0.05, 0) is 42.0 Å². The van der Waals surface area contributed by atoms with Gasteiger partial charge in [0.15, 0.2) is 0 Å². The number of hydrogen-bond acceptors (Lipinski definition) is 7. The molecule has 34 heavy (non-hydrogen) atoms. The van der Waals surface area contributed by atoms with Crippen LogP contribution >= 0.6 is 0 Å². The normalized spacial score (nSPS) is 17.4. The number of nitro groups is 1.